The van der Waals surface area contributed by atoms with Crippen LogP contribution in [0.5, 0.6) is 0 Å². The van der Waals surface area contributed by atoms with E-state index in [1.165, 1.54) is 18.8 Å². The number of nitrogens with two attached hydrogens (primary N) is 1. The van der Waals surface area contributed by atoms with Crippen LogP contribution in [-0.4, -0.2) is 24.9 Å². The van der Waals surface area contributed by atoms with Crippen molar-refractivity contribution in [1.82, 2.24) is 0 Å². The molecule has 130 valence electrons. The van der Waals surface area contributed by atoms with Gasteiger partial charge in [-0.3, -0.25) is 9.59 Å². The highest BCUT2D eigenvalue weighted by Crippen LogP contribution is 2.25. The Labute approximate surface area is 146 Å². The van der Waals surface area contributed by atoms with Crippen molar-refractivity contribution in [2.45, 2.75) is 19.3 Å². The molecule has 1 aliphatic rings. The monoisotopic (exact) mass is 339 g/mol. The van der Waals surface area contributed by atoms with E-state index in [1.807, 2.05) is 6.07 Å². The summed E-state index contributed by atoms with van der Waals surface area (Å²) >= 11 is 0. The van der Waals surface area contributed by atoms with Crippen LogP contribution in [0.1, 0.15) is 35.4 Å². The summed E-state index contributed by atoms with van der Waals surface area (Å²) < 4.78 is 5.13. The Kier molecular flexibility index (Phi) is 5.18. The Balaban J connectivity index is 1.76. The first kappa shape index (κ1) is 16.8. The fraction of sp³-hybridized carbons (Fsp3) is 0.263. The summed E-state index contributed by atoms with van der Waals surface area (Å²) in [4.78, 5) is 26.1. The number of amides is 2. The molecule has 2 amide bonds. The molecule has 3 N–H and O–H groups in total. The lowest BCUT2D eigenvalue weighted by atomic mass is 10.1. The predicted molar refractivity (Wildman–Crippen MR) is 97.4 cm³/mol. The highest BCUT2D eigenvalue weighted by molar-refractivity contribution is 6.07. The molecule has 1 fully saturated rings. The molecule has 1 aromatic carbocycles. The van der Waals surface area contributed by atoms with Gasteiger partial charge in [0.1, 0.15) is 5.76 Å². The van der Waals surface area contributed by atoms with Crippen LogP contribution in [-0.2, 0) is 4.79 Å². The minimum atomic E-state index is -0.566. The molecule has 6 heteroatoms. The third-order valence-corrected chi connectivity index (χ3v) is 4.19. The average molecular weight is 339 g/mol. The second kappa shape index (κ2) is 7.70. The van der Waals surface area contributed by atoms with E-state index >= 15 is 0 Å². The highest BCUT2D eigenvalue weighted by atomic mass is 16.3. The Morgan fingerprint density at radius 1 is 1.16 bits per heavy atom. The fourth-order valence-corrected chi connectivity index (χ4v) is 2.91. The summed E-state index contributed by atoms with van der Waals surface area (Å²) in [7, 11) is 0. The van der Waals surface area contributed by atoms with Crippen LogP contribution in [0.4, 0.5) is 11.4 Å². The van der Waals surface area contributed by atoms with Gasteiger partial charge in [-0.15, -0.1) is 0 Å². The topological polar surface area (TPSA) is 88.6 Å². The van der Waals surface area contributed by atoms with E-state index in [0.29, 0.717) is 17.0 Å². The minimum absolute atomic E-state index is 0.308. The number of carbonyl (C=O) groups is 2. The lowest BCUT2D eigenvalue weighted by Crippen LogP contribution is -2.29. The van der Waals surface area contributed by atoms with Gasteiger partial charge in [-0.1, -0.05) is 0 Å². The Morgan fingerprint density at radius 2 is 1.96 bits per heavy atom. The molecule has 3 rings (SSSR count). The van der Waals surface area contributed by atoms with Gasteiger partial charge in [0, 0.05) is 24.9 Å². The van der Waals surface area contributed by atoms with E-state index in [0.717, 1.165) is 31.6 Å². The number of anilines is 2. The van der Waals surface area contributed by atoms with Gasteiger partial charge in [0.15, 0.2) is 0 Å². The zero-order valence-corrected chi connectivity index (χ0v) is 13.9. The molecule has 1 aromatic heterocycles. The molecule has 6 nitrogen and oxygen atoms in total. The van der Waals surface area contributed by atoms with E-state index in [2.05, 4.69) is 10.2 Å². The Morgan fingerprint density at radius 3 is 2.64 bits per heavy atom. The molecule has 1 aliphatic heterocycles. The van der Waals surface area contributed by atoms with Crippen molar-refractivity contribution in [1.29, 1.82) is 0 Å². The number of benzene rings is 1. The smallest absolute Gasteiger partial charge is 0.250 e. The number of nitrogens with one attached hydrogen (secondary N) is 1. The molecule has 1 saturated heterocycles. The van der Waals surface area contributed by atoms with Crippen molar-refractivity contribution < 1.29 is 14.0 Å². The standard InChI is InChI=1S/C19H21N3O3/c20-19(24)16-13-14(22-10-2-1-3-11-22)6-8-17(16)21-18(23)9-7-15-5-4-12-25-15/h4-9,12-13H,1-3,10-11H2,(H2,20,24)(H,21,23)/b9-7+. The number of primary amides is 1. The van der Waals surface area contributed by atoms with Crippen molar-refractivity contribution in [3.63, 3.8) is 0 Å². The van der Waals surface area contributed by atoms with Crippen LogP contribution < -0.4 is 16.0 Å². The molecule has 0 spiro atoms. The van der Waals surface area contributed by atoms with E-state index in [1.54, 1.807) is 30.3 Å². The van der Waals surface area contributed by atoms with Crippen molar-refractivity contribution >= 4 is 29.3 Å². The molecule has 0 saturated carbocycles. The molecule has 2 aromatic rings. The number of hydrogen-bond donors (Lipinski definition) is 2. The molecule has 0 bridgehead atoms. The second-order valence-electron chi connectivity index (χ2n) is 5.98. The maximum Gasteiger partial charge on any atom is 0.250 e. The first-order valence-electron chi connectivity index (χ1n) is 8.35. The van der Waals surface area contributed by atoms with E-state index in [9.17, 15) is 9.59 Å². The third-order valence-electron chi connectivity index (χ3n) is 4.19. The van der Waals surface area contributed by atoms with Gasteiger partial charge < -0.3 is 20.4 Å². The molecular formula is C19H21N3O3. The first-order chi connectivity index (χ1) is 12.1. The van der Waals surface area contributed by atoms with E-state index in [4.69, 9.17) is 10.2 Å². The van der Waals surface area contributed by atoms with Crippen molar-refractivity contribution in [3.8, 4) is 0 Å². The Bertz CT molecular complexity index is 775. The number of furan rings is 1. The zero-order valence-electron chi connectivity index (χ0n) is 13.9. The van der Waals surface area contributed by atoms with Crippen LogP contribution in [0.2, 0.25) is 0 Å². The van der Waals surface area contributed by atoms with Crippen molar-refractivity contribution in [2.24, 2.45) is 5.73 Å². The van der Waals surface area contributed by atoms with Crippen LogP contribution in [0.25, 0.3) is 6.08 Å². The van der Waals surface area contributed by atoms with Crippen molar-refractivity contribution in [3.05, 3.63) is 54.0 Å². The molecule has 0 unspecified atom stereocenters. The van der Waals surface area contributed by atoms with Crippen LogP contribution in [0.3, 0.4) is 0 Å². The number of nitrogens with zero attached hydrogens (tertiary/aromatic N) is 1. The molecule has 2 heterocycles. The summed E-state index contributed by atoms with van der Waals surface area (Å²) in [6, 6.07) is 8.86. The third kappa shape index (κ3) is 4.29. The molecule has 25 heavy (non-hydrogen) atoms. The predicted octanol–water partition coefficient (Wildman–Crippen LogP) is 3.02. The maximum atomic E-state index is 12.1. The van der Waals surface area contributed by atoms with Gasteiger partial charge in [0.25, 0.3) is 5.91 Å². The Hall–Kier alpha value is -3.02. The second-order valence-corrected chi connectivity index (χ2v) is 5.98. The van der Waals surface area contributed by atoms with Gasteiger partial charge in [-0.05, 0) is 55.7 Å². The van der Waals surface area contributed by atoms with Crippen molar-refractivity contribution in [2.75, 3.05) is 23.3 Å². The van der Waals surface area contributed by atoms with E-state index < -0.39 is 5.91 Å². The number of carbonyl (C=O) groups excluding carboxylic acids is 2. The highest BCUT2D eigenvalue weighted by Gasteiger charge is 2.16. The summed E-state index contributed by atoms with van der Waals surface area (Å²) in [6.45, 7) is 1.94. The summed E-state index contributed by atoms with van der Waals surface area (Å²) in [5.74, 6) is -0.348. The molecular weight excluding hydrogens is 318 g/mol. The van der Waals surface area contributed by atoms with Gasteiger partial charge in [0.05, 0.1) is 17.5 Å². The number of rotatable bonds is 5. The van der Waals surface area contributed by atoms with Gasteiger partial charge in [-0.25, -0.2) is 0 Å². The van der Waals surface area contributed by atoms with E-state index in [-0.39, 0.29) is 5.91 Å². The number of piperidine rings is 1. The summed E-state index contributed by atoms with van der Waals surface area (Å²) in [6.07, 6.45) is 7.95. The quantitative estimate of drug-likeness (QED) is 0.820. The summed E-state index contributed by atoms with van der Waals surface area (Å²) in [5, 5.41) is 2.70. The molecule has 0 radical (unpaired) electrons. The summed E-state index contributed by atoms with van der Waals surface area (Å²) in [5.41, 5.74) is 7.17. The van der Waals surface area contributed by atoms with Gasteiger partial charge in [-0.2, -0.15) is 0 Å². The fourth-order valence-electron chi connectivity index (χ4n) is 2.91. The average Bonchev–Trinajstić information content (AvgIpc) is 3.14. The molecule has 0 atom stereocenters. The number of hydrogen-bond acceptors (Lipinski definition) is 4. The van der Waals surface area contributed by atoms with Crippen LogP contribution in [0.15, 0.2) is 47.1 Å². The van der Waals surface area contributed by atoms with Gasteiger partial charge in [0.2, 0.25) is 5.91 Å². The largest absolute Gasteiger partial charge is 0.465 e. The normalized spacial score (nSPS) is 14.6. The van der Waals surface area contributed by atoms with Gasteiger partial charge >= 0.3 is 0 Å². The lowest BCUT2D eigenvalue weighted by Gasteiger charge is -2.29. The lowest BCUT2D eigenvalue weighted by molar-refractivity contribution is -0.111. The molecule has 0 aliphatic carbocycles. The zero-order chi connectivity index (χ0) is 17.6. The maximum absolute atomic E-state index is 12.1. The minimum Gasteiger partial charge on any atom is -0.465 e. The first-order valence-corrected chi connectivity index (χ1v) is 8.35. The van der Waals surface area contributed by atoms with Crippen LogP contribution >= 0.6 is 0 Å². The van der Waals surface area contributed by atoms with Crippen LogP contribution in [0, 0.1) is 0 Å². The SMILES string of the molecule is NC(=O)c1cc(N2CCCCC2)ccc1NC(=O)/C=C/c1ccco1.